The molecule has 128 valence electrons. The van der Waals surface area contributed by atoms with Gasteiger partial charge in [-0.3, -0.25) is 4.79 Å². The number of hydrogen-bond donors (Lipinski definition) is 0. The van der Waals surface area contributed by atoms with Gasteiger partial charge < -0.3 is 9.64 Å². The Bertz CT molecular complexity index is 750. The highest BCUT2D eigenvalue weighted by atomic mass is 79.9. The van der Waals surface area contributed by atoms with Crippen molar-refractivity contribution < 1.29 is 4.74 Å². The van der Waals surface area contributed by atoms with Gasteiger partial charge in [0.25, 0.3) is 5.56 Å². The summed E-state index contributed by atoms with van der Waals surface area (Å²) in [6, 6.07) is 8.33. The lowest BCUT2D eigenvalue weighted by Crippen LogP contribution is -2.36. The predicted molar refractivity (Wildman–Crippen MR) is 98.8 cm³/mol. The van der Waals surface area contributed by atoms with Crippen LogP contribution in [0.3, 0.4) is 0 Å². The van der Waals surface area contributed by atoms with Crippen LogP contribution in [0.4, 0.5) is 5.69 Å². The van der Waals surface area contributed by atoms with Crippen LogP contribution in [0.2, 0.25) is 0 Å². The minimum atomic E-state index is -0.0899. The zero-order valence-corrected chi connectivity index (χ0v) is 15.6. The van der Waals surface area contributed by atoms with Gasteiger partial charge in [-0.25, -0.2) is 4.68 Å². The van der Waals surface area contributed by atoms with Gasteiger partial charge in [-0.1, -0.05) is 12.1 Å². The summed E-state index contributed by atoms with van der Waals surface area (Å²) in [7, 11) is 3.35. The molecule has 0 aliphatic carbocycles. The first kappa shape index (κ1) is 17.0. The molecule has 1 aliphatic heterocycles. The molecule has 2 heterocycles. The summed E-state index contributed by atoms with van der Waals surface area (Å²) < 4.78 is 7.16. The molecule has 1 aliphatic rings. The van der Waals surface area contributed by atoms with E-state index in [1.807, 2.05) is 12.1 Å². The second-order valence-corrected chi connectivity index (χ2v) is 7.05. The minimum absolute atomic E-state index is 0.0899. The van der Waals surface area contributed by atoms with E-state index in [4.69, 9.17) is 4.74 Å². The van der Waals surface area contributed by atoms with Crippen molar-refractivity contribution in [2.24, 2.45) is 13.0 Å². The Morgan fingerprint density at radius 2 is 1.92 bits per heavy atom. The molecule has 1 fully saturated rings. The number of rotatable bonds is 4. The quantitative estimate of drug-likeness (QED) is 0.803. The first-order valence-electron chi connectivity index (χ1n) is 8.18. The zero-order chi connectivity index (χ0) is 17.1. The number of anilines is 1. The lowest BCUT2D eigenvalue weighted by molar-refractivity contribution is 0.401. The maximum atomic E-state index is 12.0. The number of hydrogen-bond acceptors (Lipinski definition) is 4. The number of ether oxygens (including phenoxy) is 1. The second kappa shape index (κ2) is 7.38. The Balaban J connectivity index is 1.61. The Morgan fingerprint density at radius 3 is 2.54 bits per heavy atom. The van der Waals surface area contributed by atoms with Crippen LogP contribution < -0.4 is 15.2 Å². The van der Waals surface area contributed by atoms with Gasteiger partial charge in [0.15, 0.2) is 0 Å². The number of halogens is 1. The molecule has 1 aromatic carbocycles. The third-order valence-corrected chi connectivity index (χ3v) is 5.44. The van der Waals surface area contributed by atoms with Gasteiger partial charge in [-0.15, -0.1) is 0 Å². The number of benzene rings is 1. The first-order valence-corrected chi connectivity index (χ1v) is 8.97. The molecule has 0 radical (unpaired) electrons. The Kier molecular flexibility index (Phi) is 5.23. The zero-order valence-electron chi connectivity index (χ0n) is 14.0. The molecule has 0 amide bonds. The van der Waals surface area contributed by atoms with Crippen molar-refractivity contribution in [2.75, 3.05) is 25.1 Å². The Labute approximate surface area is 150 Å². The van der Waals surface area contributed by atoms with E-state index in [2.05, 4.69) is 38.1 Å². The van der Waals surface area contributed by atoms with E-state index in [1.165, 1.54) is 10.2 Å². The van der Waals surface area contributed by atoms with Gasteiger partial charge in [-0.05, 0) is 58.8 Å². The van der Waals surface area contributed by atoms with Crippen molar-refractivity contribution in [3.05, 3.63) is 50.9 Å². The maximum absolute atomic E-state index is 12.0. The molecular weight excluding hydrogens is 370 g/mol. The summed E-state index contributed by atoms with van der Waals surface area (Å²) >= 11 is 3.42. The van der Waals surface area contributed by atoms with Gasteiger partial charge in [0, 0.05) is 20.1 Å². The van der Waals surface area contributed by atoms with Crippen LogP contribution in [-0.4, -0.2) is 30.0 Å². The lowest BCUT2D eigenvalue weighted by atomic mass is 9.90. The number of aromatic nitrogens is 2. The third kappa shape index (κ3) is 3.64. The van der Waals surface area contributed by atoms with E-state index < -0.39 is 0 Å². The molecule has 0 unspecified atom stereocenters. The van der Waals surface area contributed by atoms with E-state index in [0.29, 0.717) is 10.4 Å². The van der Waals surface area contributed by atoms with Crippen molar-refractivity contribution in [3.63, 3.8) is 0 Å². The third-order valence-electron chi connectivity index (χ3n) is 4.70. The molecule has 0 spiro atoms. The molecule has 24 heavy (non-hydrogen) atoms. The number of nitrogens with zero attached hydrogens (tertiary/aromatic N) is 3. The Hall–Kier alpha value is -1.82. The second-order valence-electron chi connectivity index (χ2n) is 6.26. The fraction of sp³-hybridized carbons (Fsp3) is 0.444. The average Bonchev–Trinajstić information content (AvgIpc) is 2.61. The Morgan fingerprint density at radius 1 is 1.25 bits per heavy atom. The van der Waals surface area contributed by atoms with E-state index >= 15 is 0 Å². The fourth-order valence-electron chi connectivity index (χ4n) is 3.20. The molecular formula is C18H22BrN3O2. The predicted octanol–water partition coefficient (Wildman–Crippen LogP) is 3.01. The highest BCUT2D eigenvalue weighted by Gasteiger charge is 2.22. The van der Waals surface area contributed by atoms with Crippen LogP contribution in [0.25, 0.3) is 0 Å². The van der Waals surface area contributed by atoms with Crippen LogP contribution >= 0.6 is 15.9 Å². The molecule has 2 aromatic rings. The molecule has 0 N–H and O–H groups in total. The molecule has 0 bridgehead atoms. The van der Waals surface area contributed by atoms with E-state index in [1.54, 1.807) is 20.4 Å². The van der Waals surface area contributed by atoms with Gasteiger partial charge in [0.2, 0.25) is 0 Å². The SMILES string of the molecule is COc1ccc(CC2CCN(c3cnn(C)c(=O)c3Br)CC2)cc1. The fourth-order valence-corrected chi connectivity index (χ4v) is 3.81. The van der Waals surface area contributed by atoms with Gasteiger partial charge in [0.1, 0.15) is 10.2 Å². The van der Waals surface area contributed by atoms with Crippen molar-refractivity contribution in [1.82, 2.24) is 9.78 Å². The lowest BCUT2D eigenvalue weighted by Gasteiger charge is -2.34. The van der Waals surface area contributed by atoms with Crippen LogP contribution in [-0.2, 0) is 13.5 Å². The van der Waals surface area contributed by atoms with Crippen molar-refractivity contribution in [1.29, 1.82) is 0 Å². The van der Waals surface area contributed by atoms with Crippen molar-refractivity contribution >= 4 is 21.6 Å². The van der Waals surface area contributed by atoms with Crippen LogP contribution in [0.5, 0.6) is 5.75 Å². The summed E-state index contributed by atoms with van der Waals surface area (Å²) in [5.41, 5.74) is 2.17. The molecule has 3 rings (SSSR count). The molecule has 5 nitrogen and oxygen atoms in total. The van der Waals surface area contributed by atoms with Crippen molar-refractivity contribution in [2.45, 2.75) is 19.3 Å². The molecule has 1 aromatic heterocycles. The van der Waals surface area contributed by atoms with Crippen LogP contribution in [0.1, 0.15) is 18.4 Å². The van der Waals surface area contributed by atoms with E-state index in [0.717, 1.165) is 43.8 Å². The number of methoxy groups -OCH3 is 1. The van der Waals surface area contributed by atoms with Gasteiger partial charge in [-0.2, -0.15) is 5.10 Å². The normalized spacial score (nSPS) is 15.5. The minimum Gasteiger partial charge on any atom is -0.497 e. The smallest absolute Gasteiger partial charge is 0.282 e. The monoisotopic (exact) mass is 391 g/mol. The van der Waals surface area contributed by atoms with E-state index in [9.17, 15) is 4.79 Å². The molecule has 6 heteroatoms. The van der Waals surface area contributed by atoms with Crippen LogP contribution in [0.15, 0.2) is 39.7 Å². The van der Waals surface area contributed by atoms with Gasteiger partial charge in [0.05, 0.1) is 19.0 Å². The number of aryl methyl sites for hydroxylation is 1. The van der Waals surface area contributed by atoms with Crippen LogP contribution in [0, 0.1) is 5.92 Å². The molecule has 0 atom stereocenters. The van der Waals surface area contributed by atoms with E-state index in [-0.39, 0.29) is 5.56 Å². The number of piperidine rings is 1. The summed E-state index contributed by atoms with van der Waals surface area (Å²) in [6.07, 6.45) is 5.10. The maximum Gasteiger partial charge on any atom is 0.282 e. The standard InChI is InChI=1S/C18H22BrN3O2/c1-21-18(23)17(19)16(12-20-21)22-9-7-14(8-10-22)11-13-3-5-15(24-2)6-4-13/h3-6,12,14H,7-11H2,1-2H3. The summed E-state index contributed by atoms with van der Waals surface area (Å²) in [6.45, 7) is 1.91. The largest absolute Gasteiger partial charge is 0.497 e. The highest BCUT2D eigenvalue weighted by molar-refractivity contribution is 9.10. The van der Waals surface area contributed by atoms with Crippen molar-refractivity contribution in [3.8, 4) is 5.75 Å². The summed E-state index contributed by atoms with van der Waals surface area (Å²) in [4.78, 5) is 14.3. The molecule has 0 saturated carbocycles. The summed E-state index contributed by atoms with van der Waals surface area (Å²) in [5, 5.41) is 4.14. The average molecular weight is 392 g/mol. The first-order chi connectivity index (χ1) is 11.6. The summed E-state index contributed by atoms with van der Waals surface area (Å²) in [5.74, 6) is 1.57. The topological polar surface area (TPSA) is 47.4 Å². The molecule has 1 saturated heterocycles. The highest BCUT2D eigenvalue weighted by Crippen LogP contribution is 2.28. The van der Waals surface area contributed by atoms with Gasteiger partial charge >= 0.3 is 0 Å².